The molecule has 16 heavy (non-hydrogen) atoms. The van der Waals surface area contributed by atoms with Gasteiger partial charge in [-0.05, 0) is 12.1 Å². The van der Waals surface area contributed by atoms with Crippen LogP contribution >= 0.6 is 0 Å². The minimum Gasteiger partial charge on any atom is -0.377 e. The minimum atomic E-state index is -0.405. The normalized spacial score (nSPS) is 10.1. The lowest BCUT2D eigenvalue weighted by Gasteiger charge is -2.15. The second-order valence-electron chi connectivity index (χ2n) is 3.67. The Morgan fingerprint density at radius 1 is 1.38 bits per heavy atom. The summed E-state index contributed by atoms with van der Waals surface area (Å²) in [5, 5.41) is 9.55. The number of para-hydroxylation sites is 1. The molecule has 1 aromatic carbocycles. The van der Waals surface area contributed by atoms with Gasteiger partial charge in [-0.3, -0.25) is 0 Å². The van der Waals surface area contributed by atoms with E-state index >= 15 is 0 Å². The van der Waals surface area contributed by atoms with Crippen molar-refractivity contribution in [2.24, 2.45) is 0 Å². The van der Waals surface area contributed by atoms with Crippen molar-refractivity contribution in [3.63, 3.8) is 0 Å². The lowest BCUT2D eigenvalue weighted by atomic mass is 10.1. The van der Waals surface area contributed by atoms with Crippen LogP contribution in [-0.2, 0) is 0 Å². The van der Waals surface area contributed by atoms with Crippen LogP contribution < -0.4 is 4.90 Å². The molecule has 0 radical (unpaired) electrons. The van der Waals surface area contributed by atoms with E-state index in [0.29, 0.717) is 5.39 Å². The van der Waals surface area contributed by atoms with Crippen molar-refractivity contribution < 1.29 is 4.39 Å². The fourth-order valence-electron chi connectivity index (χ4n) is 1.62. The average molecular weight is 215 g/mol. The number of hydrogen-bond donors (Lipinski definition) is 0. The lowest BCUT2D eigenvalue weighted by Crippen LogP contribution is -2.10. The summed E-state index contributed by atoms with van der Waals surface area (Å²) in [5.74, 6) is -0.405. The van der Waals surface area contributed by atoms with E-state index in [4.69, 9.17) is 5.26 Å². The summed E-state index contributed by atoms with van der Waals surface area (Å²) in [6.45, 7) is 0. The highest BCUT2D eigenvalue weighted by Crippen LogP contribution is 2.26. The van der Waals surface area contributed by atoms with E-state index in [0.717, 1.165) is 5.69 Å². The van der Waals surface area contributed by atoms with E-state index in [1.54, 1.807) is 18.2 Å². The van der Waals surface area contributed by atoms with Gasteiger partial charge in [0.05, 0.1) is 0 Å². The Bertz CT molecular complexity index is 585. The SMILES string of the molecule is CN(C)c1cc(C#N)nc2c(F)cccc12. The van der Waals surface area contributed by atoms with Crippen LogP contribution in [0.3, 0.4) is 0 Å². The average Bonchev–Trinajstić information content (AvgIpc) is 2.28. The van der Waals surface area contributed by atoms with Gasteiger partial charge in [0.2, 0.25) is 0 Å². The molecule has 2 aromatic rings. The number of benzene rings is 1. The number of halogens is 1. The Morgan fingerprint density at radius 3 is 2.75 bits per heavy atom. The summed E-state index contributed by atoms with van der Waals surface area (Å²) in [5.41, 5.74) is 1.26. The largest absolute Gasteiger partial charge is 0.377 e. The molecule has 1 aromatic heterocycles. The van der Waals surface area contributed by atoms with E-state index in [9.17, 15) is 4.39 Å². The molecule has 0 N–H and O–H groups in total. The Kier molecular flexibility index (Phi) is 2.45. The van der Waals surface area contributed by atoms with Crippen LogP contribution in [0.1, 0.15) is 5.69 Å². The number of pyridine rings is 1. The molecule has 3 nitrogen and oxygen atoms in total. The molecule has 0 saturated heterocycles. The first-order valence-electron chi connectivity index (χ1n) is 4.80. The maximum atomic E-state index is 13.6. The van der Waals surface area contributed by atoms with Crippen LogP contribution in [0.25, 0.3) is 10.9 Å². The molecule has 80 valence electrons. The number of fused-ring (bicyclic) bond motifs is 1. The van der Waals surface area contributed by atoms with Crippen LogP contribution in [0, 0.1) is 17.1 Å². The number of anilines is 1. The quantitative estimate of drug-likeness (QED) is 0.732. The van der Waals surface area contributed by atoms with Crippen molar-refractivity contribution in [3.05, 3.63) is 35.8 Å². The molecule has 0 saturated carbocycles. The second-order valence-corrected chi connectivity index (χ2v) is 3.67. The Balaban J connectivity index is 2.89. The monoisotopic (exact) mass is 215 g/mol. The minimum absolute atomic E-state index is 0.223. The third-order valence-corrected chi connectivity index (χ3v) is 2.36. The molecule has 0 aliphatic carbocycles. The predicted molar refractivity (Wildman–Crippen MR) is 60.7 cm³/mol. The molecule has 0 spiro atoms. The molecule has 0 bridgehead atoms. The molecule has 4 heteroatoms. The molecular formula is C12H10FN3. The van der Waals surface area contributed by atoms with E-state index in [1.807, 2.05) is 25.1 Å². The van der Waals surface area contributed by atoms with Gasteiger partial charge >= 0.3 is 0 Å². The van der Waals surface area contributed by atoms with E-state index in [-0.39, 0.29) is 11.2 Å². The number of nitriles is 1. The van der Waals surface area contributed by atoms with Gasteiger partial charge in [0.1, 0.15) is 23.1 Å². The summed E-state index contributed by atoms with van der Waals surface area (Å²) >= 11 is 0. The summed E-state index contributed by atoms with van der Waals surface area (Å²) in [6.07, 6.45) is 0. The van der Waals surface area contributed by atoms with Crippen molar-refractivity contribution in [1.29, 1.82) is 5.26 Å². The first-order valence-corrected chi connectivity index (χ1v) is 4.80. The third-order valence-electron chi connectivity index (χ3n) is 2.36. The van der Waals surface area contributed by atoms with Crippen LogP contribution in [0.2, 0.25) is 0 Å². The fraction of sp³-hybridized carbons (Fsp3) is 0.167. The van der Waals surface area contributed by atoms with Crippen LogP contribution in [0.5, 0.6) is 0 Å². The number of nitrogens with zero attached hydrogens (tertiary/aromatic N) is 3. The zero-order valence-electron chi connectivity index (χ0n) is 9.03. The van der Waals surface area contributed by atoms with Gasteiger partial charge in [-0.2, -0.15) is 5.26 Å². The number of aromatic nitrogens is 1. The standard InChI is InChI=1S/C12H10FN3/c1-16(2)11-6-8(7-14)15-12-9(11)4-3-5-10(12)13/h3-6H,1-2H3. The van der Waals surface area contributed by atoms with E-state index in [1.165, 1.54) is 6.07 Å². The highest BCUT2D eigenvalue weighted by Gasteiger charge is 2.10. The van der Waals surface area contributed by atoms with Crippen molar-refractivity contribution in [3.8, 4) is 6.07 Å². The van der Waals surface area contributed by atoms with Crippen LogP contribution in [0.15, 0.2) is 24.3 Å². The van der Waals surface area contributed by atoms with Gasteiger partial charge in [-0.1, -0.05) is 12.1 Å². The molecule has 2 rings (SSSR count). The molecule has 0 unspecified atom stereocenters. The van der Waals surface area contributed by atoms with Gasteiger partial charge in [0, 0.05) is 25.2 Å². The molecule has 0 atom stereocenters. The van der Waals surface area contributed by atoms with Gasteiger partial charge in [-0.15, -0.1) is 0 Å². The van der Waals surface area contributed by atoms with E-state index < -0.39 is 5.82 Å². The first kappa shape index (κ1) is 10.4. The lowest BCUT2D eigenvalue weighted by molar-refractivity contribution is 0.636. The zero-order valence-corrected chi connectivity index (χ0v) is 9.03. The Labute approximate surface area is 92.7 Å². The summed E-state index contributed by atoms with van der Waals surface area (Å²) < 4.78 is 13.6. The van der Waals surface area contributed by atoms with Gasteiger partial charge < -0.3 is 4.90 Å². The topological polar surface area (TPSA) is 39.9 Å². The van der Waals surface area contributed by atoms with Crippen LogP contribution in [-0.4, -0.2) is 19.1 Å². The summed E-state index contributed by atoms with van der Waals surface area (Å²) in [7, 11) is 3.70. The third kappa shape index (κ3) is 1.57. The number of hydrogen-bond acceptors (Lipinski definition) is 3. The Morgan fingerprint density at radius 2 is 2.12 bits per heavy atom. The maximum absolute atomic E-state index is 13.6. The smallest absolute Gasteiger partial charge is 0.149 e. The highest BCUT2D eigenvalue weighted by atomic mass is 19.1. The van der Waals surface area contributed by atoms with Crippen molar-refractivity contribution >= 4 is 16.6 Å². The second kappa shape index (κ2) is 3.78. The van der Waals surface area contributed by atoms with Gasteiger partial charge in [-0.25, -0.2) is 9.37 Å². The zero-order chi connectivity index (χ0) is 11.7. The number of rotatable bonds is 1. The van der Waals surface area contributed by atoms with E-state index in [2.05, 4.69) is 4.98 Å². The Hall–Kier alpha value is -2.15. The molecule has 1 heterocycles. The van der Waals surface area contributed by atoms with Crippen LogP contribution in [0.4, 0.5) is 10.1 Å². The molecular weight excluding hydrogens is 205 g/mol. The molecule has 0 aliphatic rings. The van der Waals surface area contributed by atoms with Crippen molar-refractivity contribution in [2.75, 3.05) is 19.0 Å². The van der Waals surface area contributed by atoms with Crippen molar-refractivity contribution in [2.45, 2.75) is 0 Å². The van der Waals surface area contributed by atoms with Crippen molar-refractivity contribution in [1.82, 2.24) is 4.98 Å². The predicted octanol–water partition coefficient (Wildman–Crippen LogP) is 2.31. The van der Waals surface area contributed by atoms with Gasteiger partial charge in [0.25, 0.3) is 0 Å². The summed E-state index contributed by atoms with van der Waals surface area (Å²) in [6, 6.07) is 8.37. The van der Waals surface area contributed by atoms with Gasteiger partial charge in [0.15, 0.2) is 0 Å². The fourth-order valence-corrected chi connectivity index (χ4v) is 1.62. The first-order chi connectivity index (χ1) is 7.63. The highest BCUT2D eigenvalue weighted by molar-refractivity contribution is 5.92. The molecule has 0 aliphatic heterocycles. The maximum Gasteiger partial charge on any atom is 0.149 e. The summed E-state index contributed by atoms with van der Waals surface area (Å²) in [4.78, 5) is 5.81. The molecule has 0 fully saturated rings. The molecule has 0 amide bonds.